The highest BCUT2D eigenvalue weighted by Crippen LogP contribution is 2.48. The number of hydrogen-bond acceptors (Lipinski definition) is 3. The molecule has 124 valence electrons. The first-order valence-electron chi connectivity index (χ1n) is 8.11. The van der Waals surface area contributed by atoms with Crippen molar-refractivity contribution < 1.29 is 14.7 Å². The molecule has 2 amide bonds. The quantitative estimate of drug-likeness (QED) is 0.894. The summed E-state index contributed by atoms with van der Waals surface area (Å²) < 4.78 is 0. The number of carbonyl (C=O) groups is 2. The summed E-state index contributed by atoms with van der Waals surface area (Å²) in [6.45, 7) is 5.21. The number of amides is 2. The van der Waals surface area contributed by atoms with E-state index in [1.807, 2.05) is 19.9 Å². The number of rotatable bonds is 3. The number of aliphatic carboxylic acids is 1. The second kappa shape index (κ2) is 5.83. The smallest absolute Gasteiger partial charge is 0.317 e. The maximum Gasteiger partial charge on any atom is 0.317 e. The number of nitrogens with one attached hydrogen (secondary N) is 1. The summed E-state index contributed by atoms with van der Waals surface area (Å²) in [7, 11) is 0. The van der Waals surface area contributed by atoms with Crippen LogP contribution in [0.3, 0.4) is 0 Å². The minimum atomic E-state index is -0.756. The molecule has 6 heteroatoms. The minimum Gasteiger partial charge on any atom is -0.481 e. The minimum absolute atomic E-state index is 0.0912. The molecule has 1 saturated heterocycles. The van der Waals surface area contributed by atoms with Gasteiger partial charge in [0.2, 0.25) is 0 Å². The number of carbonyl (C=O) groups excluding carboxylic acids is 1. The summed E-state index contributed by atoms with van der Waals surface area (Å²) in [6, 6.07) is 1.81. The fourth-order valence-corrected chi connectivity index (χ4v) is 3.99. The van der Waals surface area contributed by atoms with E-state index >= 15 is 0 Å². The van der Waals surface area contributed by atoms with Gasteiger partial charge >= 0.3 is 12.0 Å². The third kappa shape index (κ3) is 2.78. The van der Waals surface area contributed by atoms with Crippen LogP contribution in [0, 0.1) is 25.2 Å². The van der Waals surface area contributed by atoms with E-state index in [9.17, 15) is 14.7 Å². The molecule has 0 spiro atoms. The molecule has 2 fully saturated rings. The lowest BCUT2D eigenvalue weighted by molar-refractivity contribution is -0.149. The van der Waals surface area contributed by atoms with E-state index in [0.29, 0.717) is 26.1 Å². The second-order valence-corrected chi connectivity index (χ2v) is 6.84. The van der Waals surface area contributed by atoms with E-state index in [1.165, 1.54) is 0 Å². The molecule has 2 N–H and O–H groups in total. The van der Waals surface area contributed by atoms with E-state index in [4.69, 9.17) is 0 Å². The van der Waals surface area contributed by atoms with Gasteiger partial charge in [0.15, 0.2) is 0 Å². The number of fused-ring (bicyclic) bond motifs is 1. The van der Waals surface area contributed by atoms with E-state index in [1.54, 1.807) is 11.1 Å². The van der Waals surface area contributed by atoms with Gasteiger partial charge in [-0.1, -0.05) is 6.42 Å². The van der Waals surface area contributed by atoms with Crippen molar-refractivity contribution in [2.24, 2.45) is 11.3 Å². The third-order valence-corrected chi connectivity index (χ3v) is 5.37. The molecular weight excluding hydrogens is 294 g/mol. The van der Waals surface area contributed by atoms with Crippen molar-refractivity contribution in [3.8, 4) is 0 Å². The highest BCUT2D eigenvalue weighted by Gasteiger charge is 2.55. The van der Waals surface area contributed by atoms with Gasteiger partial charge in [-0.3, -0.25) is 9.78 Å². The Morgan fingerprint density at radius 2 is 2.26 bits per heavy atom. The Bertz CT molecular complexity index is 646. The Kier molecular flexibility index (Phi) is 4.00. The summed E-state index contributed by atoms with van der Waals surface area (Å²) in [4.78, 5) is 30.0. The van der Waals surface area contributed by atoms with Crippen LogP contribution in [-0.4, -0.2) is 40.1 Å². The number of likely N-dealkylation sites (tertiary alicyclic amines) is 1. The van der Waals surface area contributed by atoms with E-state index in [2.05, 4.69) is 10.3 Å². The topological polar surface area (TPSA) is 82.5 Å². The lowest BCUT2D eigenvalue weighted by atomic mass is 9.81. The van der Waals surface area contributed by atoms with Crippen LogP contribution >= 0.6 is 0 Å². The third-order valence-electron chi connectivity index (χ3n) is 5.37. The molecule has 6 nitrogen and oxygen atoms in total. The van der Waals surface area contributed by atoms with E-state index in [-0.39, 0.29) is 11.9 Å². The molecule has 1 aromatic rings. The molecule has 2 heterocycles. The maximum absolute atomic E-state index is 12.4. The van der Waals surface area contributed by atoms with Crippen LogP contribution in [0.2, 0.25) is 0 Å². The number of nitrogens with zero attached hydrogens (tertiary/aromatic N) is 2. The van der Waals surface area contributed by atoms with Gasteiger partial charge in [0.25, 0.3) is 0 Å². The zero-order valence-electron chi connectivity index (χ0n) is 13.6. The molecule has 2 atom stereocenters. The predicted octanol–water partition coefficient (Wildman–Crippen LogP) is 2.09. The SMILES string of the molecule is Cc1cc(C)c(CNC(=O)N2C[C@@H]3CCC[C@@]3(C(=O)O)C2)cn1. The maximum atomic E-state index is 12.4. The van der Waals surface area contributed by atoms with E-state index < -0.39 is 11.4 Å². The van der Waals surface area contributed by atoms with Crippen LogP contribution in [0.25, 0.3) is 0 Å². The van der Waals surface area contributed by atoms with Crippen molar-refractivity contribution in [1.29, 1.82) is 0 Å². The van der Waals surface area contributed by atoms with Crippen molar-refractivity contribution in [3.63, 3.8) is 0 Å². The molecule has 3 rings (SSSR count). The van der Waals surface area contributed by atoms with Crippen molar-refractivity contribution in [3.05, 3.63) is 29.1 Å². The molecule has 23 heavy (non-hydrogen) atoms. The number of urea groups is 1. The Morgan fingerprint density at radius 3 is 2.91 bits per heavy atom. The first-order chi connectivity index (χ1) is 10.9. The van der Waals surface area contributed by atoms with Crippen molar-refractivity contribution in [2.45, 2.75) is 39.7 Å². The number of carboxylic acid groups (broad SMARTS) is 1. The highest BCUT2D eigenvalue weighted by molar-refractivity contribution is 5.80. The monoisotopic (exact) mass is 317 g/mol. The summed E-state index contributed by atoms with van der Waals surface area (Å²) in [5.41, 5.74) is 2.31. The molecule has 0 radical (unpaired) electrons. The molecule has 0 unspecified atom stereocenters. The first kappa shape index (κ1) is 15.8. The Hall–Kier alpha value is -2.11. The van der Waals surface area contributed by atoms with Gasteiger partial charge in [0.1, 0.15) is 0 Å². The fraction of sp³-hybridized carbons (Fsp3) is 0.588. The number of aryl methyl sites for hydroxylation is 2. The second-order valence-electron chi connectivity index (χ2n) is 6.84. The van der Waals surface area contributed by atoms with Gasteiger partial charge in [-0.2, -0.15) is 0 Å². The van der Waals surface area contributed by atoms with Gasteiger partial charge in [-0.15, -0.1) is 0 Å². The van der Waals surface area contributed by atoms with Crippen LogP contribution in [0.5, 0.6) is 0 Å². The summed E-state index contributed by atoms with van der Waals surface area (Å²) in [5.74, 6) is -0.664. The molecule has 0 aromatic carbocycles. The summed E-state index contributed by atoms with van der Waals surface area (Å²) >= 11 is 0. The van der Waals surface area contributed by atoms with Gasteiger partial charge in [-0.25, -0.2) is 4.79 Å². The van der Waals surface area contributed by atoms with Crippen molar-refractivity contribution >= 4 is 12.0 Å². The first-order valence-corrected chi connectivity index (χ1v) is 8.11. The Balaban J connectivity index is 1.63. The molecule has 1 saturated carbocycles. The Labute approximate surface area is 135 Å². The van der Waals surface area contributed by atoms with Gasteiger partial charge in [0.05, 0.1) is 5.41 Å². The standard InChI is InChI=1S/C17H23N3O3/c1-11-6-12(2)18-7-13(11)8-19-16(23)20-9-14-4-3-5-17(14,10-20)15(21)22/h6-7,14H,3-5,8-10H2,1-2H3,(H,19,23)(H,21,22)/t14-,17+/m0/s1. The number of pyridine rings is 1. The molecule has 0 bridgehead atoms. The zero-order valence-corrected chi connectivity index (χ0v) is 13.6. The molecule has 2 aliphatic rings. The van der Waals surface area contributed by atoms with Crippen molar-refractivity contribution in [1.82, 2.24) is 15.2 Å². The highest BCUT2D eigenvalue weighted by atomic mass is 16.4. The molecule has 1 aromatic heterocycles. The number of aromatic nitrogens is 1. The lowest BCUT2D eigenvalue weighted by Crippen LogP contribution is -2.41. The predicted molar refractivity (Wildman–Crippen MR) is 84.9 cm³/mol. The summed E-state index contributed by atoms with van der Waals surface area (Å²) in [6.07, 6.45) is 4.30. The number of carboxylic acids is 1. The lowest BCUT2D eigenvalue weighted by Gasteiger charge is -2.23. The average Bonchev–Trinajstić information content (AvgIpc) is 3.04. The van der Waals surface area contributed by atoms with E-state index in [0.717, 1.165) is 29.7 Å². The largest absolute Gasteiger partial charge is 0.481 e. The van der Waals surface area contributed by atoms with Gasteiger partial charge in [-0.05, 0) is 49.8 Å². The van der Waals surface area contributed by atoms with Crippen LogP contribution < -0.4 is 5.32 Å². The van der Waals surface area contributed by atoms with Gasteiger partial charge < -0.3 is 15.3 Å². The van der Waals surface area contributed by atoms with Crippen LogP contribution in [0.15, 0.2) is 12.3 Å². The Morgan fingerprint density at radius 1 is 1.48 bits per heavy atom. The van der Waals surface area contributed by atoms with Gasteiger partial charge in [0, 0.05) is 31.5 Å². The molecule has 1 aliphatic heterocycles. The number of hydrogen-bond donors (Lipinski definition) is 2. The molecule has 1 aliphatic carbocycles. The van der Waals surface area contributed by atoms with Crippen molar-refractivity contribution in [2.75, 3.05) is 13.1 Å². The average molecular weight is 317 g/mol. The summed E-state index contributed by atoms with van der Waals surface area (Å²) in [5, 5.41) is 12.5. The van der Waals surface area contributed by atoms with Crippen LogP contribution in [-0.2, 0) is 11.3 Å². The van der Waals surface area contributed by atoms with Crippen LogP contribution in [0.1, 0.15) is 36.1 Å². The fourth-order valence-electron chi connectivity index (χ4n) is 3.99. The normalized spacial score (nSPS) is 26.2. The zero-order chi connectivity index (χ0) is 16.6. The van der Waals surface area contributed by atoms with Crippen LogP contribution in [0.4, 0.5) is 4.79 Å². The molecular formula is C17H23N3O3.